The second-order valence-corrected chi connectivity index (χ2v) is 4.18. The van der Waals surface area contributed by atoms with E-state index in [4.69, 9.17) is 9.47 Å². The van der Waals surface area contributed by atoms with Crippen molar-refractivity contribution in [1.82, 2.24) is 9.97 Å². The molecule has 1 aromatic rings. The lowest BCUT2D eigenvalue weighted by Crippen LogP contribution is -2.26. The van der Waals surface area contributed by atoms with Crippen LogP contribution in [0.15, 0.2) is 4.79 Å². The Balaban J connectivity index is 2.01. The minimum atomic E-state index is -0.0739. The maximum Gasteiger partial charge on any atom is 0.256 e. The van der Waals surface area contributed by atoms with Gasteiger partial charge in [-0.1, -0.05) is 0 Å². The summed E-state index contributed by atoms with van der Waals surface area (Å²) >= 11 is 0. The van der Waals surface area contributed by atoms with Gasteiger partial charge in [-0.2, -0.15) is 0 Å². The van der Waals surface area contributed by atoms with Gasteiger partial charge in [-0.3, -0.25) is 4.79 Å². The van der Waals surface area contributed by atoms with Crippen molar-refractivity contribution in [3.63, 3.8) is 0 Å². The Kier molecular flexibility index (Phi) is 2.49. The van der Waals surface area contributed by atoms with Crippen LogP contribution < -0.4 is 5.56 Å². The van der Waals surface area contributed by atoms with Gasteiger partial charge in [0.15, 0.2) is 0 Å². The molecule has 0 saturated carbocycles. The van der Waals surface area contributed by atoms with E-state index in [1.165, 1.54) is 0 Å². The van der Waals surface area contributed by atoms with Crippen LogP contribution in [0.25, 0.3) is 0 Å². The van der Waals surface area contributed by atoms with Crippen molar-refractivity contribution >= 4 is 0 Å². The number of nitrogens with zero attached hydrogens (tertiary/aromatic N) is 1. The van der Waals surface area contributed by atoms with Gasteiger partial charge >= 0.3 is 0 Å². The van der Waals surface area contributed by atoms with E-state index in [-0.39, 0.29) is 11.7 Å². The molecule has 0 aromatic carbocycles. The van der Waals surface area contributed by atoms with Crippen molar-refractivity contribution in [3.05, 3.63) is 27.4 Å². The number of fused-ring (bicyclic) bond motifs is 1. The molecule has 16 heavy (non-hydrogen) atoms. The number of aromatic amines is 1. The maximum atomic E-state index is 11.8. The Labute approximate surface area is 92.8 Å². The number of ether oxygens (including phenoxy) is 2. The first-order valence-corrected chi connectivity index (χ1v) is 5.66. The van der Waals surface area contributed by atoms with Crippen molar-refractivity contribution in [2.75, 3.05) is 13.2 Å². The summed E-state index contributed by atoms with van der Waals surface area (Å²) in [6, 6.07) is 0. The Morgan fingerprint density at radius 3 is 3.12 bits per heavy atom. The number of hydrogen-bond acceptors (Lipinski definition) is 4. The number of nitrogens with one attached hydrogen (secondary N) is 1. The summed E-state index contributed by atoms with van der Waals surface area (Å²) in [4.78, 5) is 19.1. The molecule has 0 amide bonds. The lowest BCUT2D eigenvalue weighted by atomic mass is 10.1. The van der Waals surface area contributed by atoms with E-state index in [1.54, 1.807) is 0 Å². The molecule has 0 spiro atoms. The zero-order chi connectivity index (χ0) is 11.0. The topological polar surface area (TPSA) is 64.2 Å². The first-order chi connectivity index (χ1) is 7.84. The van der Waals surface area contributed by atoms with Gasteiger partial charge < -0.3 is 14.5 Å². The normalized spacial score (nSPS) is 24.4. The van der Waals surface area contributed by atoms with E-state index in [0.717, 1.165) is 31.6 Å². The van der Waals surface area contributed by atoms with E-state index >= 15 is 0 Å². The molecule has 1 saturated heterocycles. The molecule has 5 heteroatoms. The highest BCUT2D eigenvalue weighted by atomic mass is 16.5. The van der Waals surface area contributed by atoms with Gasteiger partial charge in [0.1, 0.15) is 11.9 Å². The second kappa shape index (κ2) is 3.99. The number of aromatic nitrogens is 2. The second-order valence-electron chi connectivity index (χ2n) is 4.18. The van der Waals surface area contributed by atoms with Gasteiger partial charge in [0.05, 0.1) is 24.5 Å². The van der Waals surface area contributed by atoms with Gasteiger partial charge in [0, 0.05) is 13.0 Å². The minimum Gasteiger partial charge on any atom is -0.376 e. The summed E-state index contributed by atoms with van der Waals surface area (Å²) in [7, 11) is 0. The number of rotatable bonds is 1. The molecule has 1 fully saturated rings. The molecule has 2 aliphatic heterocycles. The average molecular weight is 222 g/mol. The molecule has 3 rings (SSSR count). The van der Waals surface area contributed by atoms with Crippen LogP contribution in [-0.4, -0.2) is 23.2 Å². The van der Waals surface area contributed by atoms with Crippen LogP contribution in [0.5, 0.6) is 0 Å². The van der Waals surface area contributed by atoms with Gasteiger partial charge in [0.2, 0.25) is 0 Å². The molecular formula is C11H14N2O3. The highest BCUT2D eigenvalue weighted by molar-refractivity contribution is 5.19. The summed E-state index contributed by atoms with van der Waals surface area (Å²) in [6.07, 6.45) is 2.67. The van der Waals surface area contributed by atoms with Crippen LogP contribution in [0.3, 0.4) is 0 Å². The molecule has 3 heterocycles. The SMILES string of the molecule is O=c1[nH]c(C2CCCO2)nc2c1COCC2. The summed E-state index contributed by atoms with van der Waals surface area (Å²) < 4.78 is 10.8. The first kappa shape index (κ1) is 9.99. The average Bonchev–Trinajstić information content (AvgIpc) is 2.82. The van der Waals surface area contributed by atoms with E-state index in [0.29, 0.717) is 24.6 Å². The fourth-order valence-corrected chi connectivity index (χ4v) is 2.21. The number of hydrogen-bond donors (Lipinski definition) is 1. The summed E-state index contributed by atoms with van der Waals surface area (Å²) in [5, 5.41) is 0. The Morgan fingerprint density at radius 1 is 1.38 bits per heavy atom. The fourth-order valence-electron chi connectivity index (χ4n) is 2.21. The molecule has 1 unspecified atom stereocenters. The molecule has 1 aromatic heterocycles. The third kappa shape index (κ3) is 1.66. The van der Waals surface area contributed by atoms with Crippen molar-refractivity contribution in [2.45, 2.75) is 32.0 Å². The zero-order valence-corrected chi connectivity index (χ0v) is 8.99. The Hall–Kier alpha value is -1.20. The smallest absolute Gasteiger partial charge is 0.256 e. The third-order valence-electron chi connectivity index (χ3n) is 3.08. The lowest BCUT2D eigenvalue weighted by Gasteiger charge is -2.17. The largest absolute Gasteiger partial charge is 0.376 e. The zero-order valence-electron chi connectivity index (χ0n) is 8.99. The van der Waals surface area contributed by atoms with Gasteiger partial charge in [-0.25, -0.2) is 4.98 Å². The first-order valence-electron chi connectivity index (χ1n) is 5.66. The molecule has 1 atom stereocenters. The highest BCUT2D eigenvalue weighted by Gasteiger charge is 2.23. The summed E-state index contributed by atoms with van der Waals surface area (Å²) in [5.41, 5.74) is 1.48. The summed E-state index contributed by atoms with van der Waals surface area (Å²) in [5.74, 6) is 0.683. The highest BCUT2D eigenvalue weighted by Crippen LogP contribution is 2.25. The third-order valence-corrected chi connectivity index (χ3v) is 3.08. The molecule has 5 nitrogen and oxygen atoms in total. The molecule has 1 N–H and O–H groups in total. The quantitative estimate of drug-likeness (QED) is 0.759. The van der Waals surface area contributed by atoms with Crippen molar-refractivity contribution < 1.29 is 9.47 Å². The van der Waals surface area contributed by atoms with Crippen LogP contribution in [0.4, 0.5) is 0 Å². The van der Waals surface area contributed by atoms with Crippen molar-refractivity contribution in [3.8, 4) is 0 Å². The van der Waals surface area contributed by atoms with Gasteiger partial charge in [0.25, 0.3) is 5.56 Å². The van der Waals surface area contributed by atoms with Crippen LogP contribution in [0.1, 0.15) is 36.0 Å². The lowest BCUT2D eigenvalue weighted by molar-refractivity contribution is 0.0977. The van der Waals surface area contributed by atoms with Crippen LogP contribution in [0.2, 0.25) is 0 Å². The monoisotopic (exact) mass is 222 g/mol. The predicted octanol–water partition coefficient (Wildman–Crippen LogP) is 0.694. The van der Waals surface area contributed by atoms with Crippen molar-refractivity contribution in [1.29, 1.82) is 0 Å². The van der Waals surface area contributed by atoms with E-state index in [2.05, 4.69) is 9.97 Å². The van der Waals surface area contributed by atoms with Crippen LogP contribution >= 0.6 is 0 Å². The van der Waals surface area contributed by atoms with Gasteiger partial charge in [-0.15, -0.1) is 0 Å². The Morgan fingerprint density at radius 2 is 2.31 bits per heavy atom. The molecule has 0 radical (unpaired) electrons. The van der Waals surface area contributed by atoms with Crippen LogP contribution in [0, 0.1) is 0 Å². The molecular weight excluding hydrogens is 208 g/mol. The van der Waals surface area contributed by atoms with Crippen molar-refractivity contribution in [2.24, 2.45) is 0 Å². The molecule has 86 valence electrons. The molecule has 2 aliphatic rings. The predicted molar refractivity (Wildman–Crippen MR) is 56.1 cm³/mol. The number of H-pyrrole nitrogens is 1. The molecule has 0 aliphatic carbocycles. The standard InChI is InChI=1S/C11H14N2O3/c14-11-7-6-15-5-3-8(7)12-10(13-11)9-2-1-4-16-9/h9H,1-6H2,(H,12,13,14). The Bertz CT molecular complexity index is 449. The molecule has 0 bridgehead atoms. The fraction of sp³-hybridized carbons (Fsp3) is 0.636. The van der Waals surface area contributed by atoms with E-state index in [9.17, 15) is 4.79 Å². The summed E-state index contributed by atoms with van der Waals surface area (Å²) in [6.45, 7) is 1.78. The van der Waals surface area contributed by atoms with Crippen LogP contribution in [-0.2, 0) is 22.5 Å². The van der Waals surface area contributed by atoms with E-state index < -0.39 is 0 Å². The van der Waals surface area contributed by atoms with E-state index in [1.807, 2.05) is 0 Å². The minimum absolute atomic E-state index is 0.0270. The van der Waals surface area contributed by atoms with Gasteiger partial charge in [-0.05, 0) is 12.8 Å². The maximum absolute atomic E-state index is 11.8.